The lowest BCUT2D eigenvalue weighted by molar-refractivity contribution is -0.140. The minimum atomic E-state index is -2.51. The number of hydrogen-bond donors (Lipinski definition) is 5. The van der Waals surface area contributed by atoms with Gasteiger partial charge in [-0.15, -0.1) is 5.10 Å². The fourth-order valence-electron chi connectivity index (χ4n) is 1.66. The highest BCUT2D eigenvalue weighted by atomic mass is 32.2. The van der Waals surface area contributed by atoms with Crippen molar-refractivity contribution in [2.24, 2.45) is 5.84 Å². The lowest BCUT2D eigenvalue weighted by atomic mass is 10.0. The van der Waals surface area contributed by atoms with Gasteiger partial charge in [-0.05, 0) is 6.92 Å². The van der Waals surface area contributed by atoms with Gasteiger partial charge in [0.05, 0.1) is 12.7 Å². The van der Waals surface area contributed by atoms with Crippen molar-refractivity contribution in [3.8, 4) is 0 Å². The van der Waals surface area contributed by atoms with Crippen LogP contribution in [0.2, 0.25) is 0 Å². The molecule has 0 fully saturated rings. The van der Waals surface area contributed by atoms with Crippen molar-refractivity contribution in [2.45, 2.75) is 24.3 Å². The molecule has 0 saturated heterocycles. The second-order valence-corrected chi connectivity index (χ2v) is 5.87. The van der Waals surface area contributed by atoms with Crippen molar-refractivity contribution >= 4 is 23.0 Å². The summed E-state index contributed by atoms with van der Waals surface area (Å²) in [5.41, 5.74) is 1.82. The molecular weight excluding hydrogens is 316 g/mol. The Balaban J connectivity index is 3.01. The van der Waals surface area contributed by atoms with Gasteiger partial charge in [0.2, 0.25) is 0 Å². The molecule has 1 unspecified atom stereocenters. The molecule has 0 aromatic carbocycles. The molecule has 0 bridgehead atoms. The van der Waals surface area contributed by atoms with Gasteiger partial charge in [-0.1, -0.05) is 5.21 Å². The van der Waals surface area contributed by atoms with Crippen LogP contribution in [0.15, 0.2) is 24.7 Å². The van der Waals surface area contributed by atoms with Gasteiger partial charge in [-0.25, -0.2) is 14.8 Å². The molecule has 0 radical (unpaired) electrons. The van der Waals surface area contributed by atoms with Crippen LogP contribution >= 0.6 is 0 Å². The molecule has 1 rings (SSSR count). The molecule has 1 aromatic rings. The normalized spacial score (nSPS) is 16.7. The van der Waals surface area contributed by atoms with Crippen molar-refractivity contribution in [3.63, 3.8) is 0 Å². The number of hydrazine groups is 1. The van der Waals surface area contributed by atoms with E-state index in [-0.39, 0.29) is 6.54 Å². The molecule has 1 aromatic heterocycles. The Kier molecular flexibility index (Phi) is 6.15. The highest BCUT2D eigenvalue weighted by Gasteiger charge is 2.45. The molecular formula is C10H16N6O5S. The number of nitrogens with two attached hydrogens (primary N) is 1. The van der Waals surface area contributed by atoms with Crippen LogP contribution in [0.3, 0.4) is 0 Å². The Morgan fingerprint density at radius 2 is 2.27 bits per heavy atom. The molecule has 11 nitrogen and oxygen atoms in total. The fourth-order valence-corrected chi connectivity index (χ4v) is 2.28. The molecule has 0 aliphatic rings. The third kappa shape index (κ3) is 4.34. The second kappa shape index (κ2) is 7.63. The Hall–Kier alpha value is -2.31. The van der Waals surface area contributed by atoms with Crippen molar-refractivity contribution in [3.05, 3.63) is 24.7 Å². The van der Waals surface area contributed by atoms with Crippen LogP contribution in [0.5, 0.6) is 0 Å². The van der Waals surface area contributed by atoms with Crippen molar-refractivity contribution in [1.29, 1.82) is 0 Å². The quantitative estimate of drug-likeness (QED) is 0.116. The maximum atomic E-state index is 11.7. The number of carbonyl (C=O) groups is 2. The number of rotatable bonds is 8. The van der Waals surface area contributed by atoms with E-state index in [0.29, 0.717) is 0 Å². The second-order valence-electron chi connectivity index (χ2n) is 4.44. The lowest BCUT2D eigenvalue weighted by Crippen LogP contribution is -2.56. The number of nitrogens with one attached hydrogen (secondary N) is 2. The smallest absolute Gasteiger partial charge is 0.327 e. The van der Waals surface area contributed by atoms with E-state index in [1.165, 1.54) is 24.0 Å². The van der Waals surface area contributed by atoms with Gasteiger partial charge in [0, 0.05) is 18.5 Å². The van der Waals surface area contributed by atoms with Crippen LogP contribution in [0.1, 0.15) is 6.92 Å². The lowest BCUT2D eigenvalue weighted by Gasteiger charge is -2.31. The zero-order valence-electron chi connectivity index (χ0n) is 11.5. The van der Waals surface area contributed by atoms with Crippen molar-refractivity contribution < 1.29 is 23.5 Å². The maximum absolute atomic E-state index is 11.7. The van der Waals surface area contributed by atoms with Crippen molar-refractivity contribution in [2.75, 3.05) is 0 Å². The monoisotopic (exact) mass is 332 g/mol. The van der Waals surface area contributed by atoms with Gasteiger partial charge in [0.25, 0.3) is 5.91 Å². The first-order valence-corrected chi connectivity index (χ1v) is 7.03. The summed E-state index contributed by atoms with van der Waals surface area (Å²) < 4.78 is 20.8. The molecule has 1 amide bonds. The molecule has 0 spiro atoms. The number of carboxylic acids is 1. The summed E-state index contributed by atoms with van der Waals surface area (Å²) in [7, 11) is 0. The first-order valence-electron chi connectivity index (χ1n) is 5.92. The number of carbonyl (C=O) groups excluding carboxylic acids is 1. The van der Waals surface area contributed by atoms with Crippen LogP contribution in [-0.4, -0.2) is 51.5 Å². The number of hydrogen-bond acceptors (Lipinski definition) is 7. The predicted molar refractivity (Wildman–Crippen MR) is 75.2 cm³/mol. The van der Waals surface area contributed by atoms with E-state index in [1.54, 1.807) is 0 Å². The molecule has 0 aliphatic heterocycles. The molecule has 22 heavy (non-hydrogen) atoms. The van der Waals surface area contributed by atoms with E-state index in [0.717, 1.165) is 12.3 Å². The SMILES string of the molecule is C[C@](Cn1ccnn1)([C@@H](N/C=C\C(=O)NN)C(=O)O)S(=O)O. The first-order chi connectivity index (χ1) is 10.3. The molecule has 0 aliphatic carbocycles. The predicted octanol–water partition coefficient (Wildman–Crippen LogP) is -2.20. The Morgan fingerprint density at radius 3 is 2.73 bits per heavy atom. The summed E-state index contributed by atoms with van der Waals surface area (Å²) in [6.07, 6.45) is 4.77. The van der Waals surface area contributed by atoms with E-state index in [4.69, 9.17) is 5.84 Å². The van der Waals surface area contributed by atoms with Crippen molar-refractivity contribution in [1.82, 2.24) is 25.7 Å². The topological polar surface area (TPSA) is 172 Å². The van der Waals surface area contributed by atoms with Gasteiger partial charge in [-0.3, -0.25) is 14.9 Å². The number of nitrogens with zero attached hydrogens (tertiary/aromatic N) is 3. The molecule has 1 heterocycles. The number of aliphatic carboxylic acids is 1. The third-order valence-electron chi connectivity index (χ3n) is 2.84. The summed E-state index contributed by atoms with van der Waals surface area (Å²) in [6.45, 7) is 1.12. The minimum Gasteiger partial charge on any atom is -0.480 e. The van der Waals surface area contributed by atoms with E-state index < -0.39 is 33.7 Å². The summed E-state index contributed by atoms with van der Waals surface area (Å²) >= 11 is -2.51. The van der Waals surface area contributed by atoms with Gasteiger partial charge < -0.3 is 15.0 Å². The van der Waals surface area contributed by atoms with Gasteiger partial charge in [0.15, 0.2) is 11.1 Å². The zero-order valence-corrected chi connectivity index (χ0v) is 12.4. The molecule has 12 heteroatoms. The maximum Gasteiger partial charge on any atom is 0.327 e. The standard InChI is InChI=1S/C10H16N6O5S/c1-10(22(20)21,6-16-5-4-13-15-16)8(9(18)19)12-3-2-7(17)14-11/h2-5,8,12H,6,11H2,1H3,(H,14,17)(H,18,19)(H,20,21)/b3-2-/t8-,10-/m0/s1. The Labute approximate surface area is 127 Å². The summed E-state index contributed by atoms with van der Waals surface area (Å²) in [6, 6.07) is -1.47. The highest BCUT2D eigenvalue weighted by molar-refractivity contribution is 7.80. The fraction of sp³-hybridized carbons (Fsp3) is 0.400. The van der Waals surface area contributed by atoms with Crippen LogP contribution in [-0.2, 0) is 27.2 Å². The Morgan fingerprint density at radius 1 is 1.59 bits per heavy atom. The summed E-state index contributed by atoms with van der Waals surface area (Å²) in [5, 5.41) is 18.9. The zero-order chi connectivity index (χ0) is 16.8. The van der Waals surface area contributed by atoms with E-state index >= 15 is 0 Å². The van der Waals surface area contributed by atoms with Crippen LogP contribution < -0.4 is 16.6 Å². The van der Waals surface area contributed by atoms with E-state index in [2.05, 4.69) is 15.6 Å². The van der Waals surface area contributed by atoms with E-state index in [9.17, 15) is 23.5 Å². The van der Waals surface area contributed by atoms with Gasteiger partial charge in [-0.2, -0.15) is 0 Å². The third-order valence-corrected chi connectivity index (χ3v) is 4.01. The molecule has 0 saturated carbocycles. The average Bonchev–Trinajstić information content (AvgIpc) is 2.95. The Bertz CT molecular complexity index is 576. The van der Waals surface area contributed by atoms with E-state index in [1.807, 2.05) is 5.43 Å². The molecule has 3 atom stereocenters. The largest absolute Gasteiger partial charge is 0.480 e. The number of carboxylic acid groups (broad SMARTS) is 1. The van der Waals surface area contributed by atoms with Crippen LogP contribution in [0.25, 0.3) is 0 Å². The summed E-state index contributed by atoms with van der Waals surface area (Å²) in [4.78, 5) is 22.4. The van der Waals surface area contributed by atoms with Gasteiger partial charge in [0.1, 0.15) is 10.8 Å². The summed E-state index contributed by atoms with van der Waals surface area (Å²) in [5.74, 6) is 2.83. The van der Waals surface area contributed by atoms with Gasteiger partial charge >= 0.3 is 5.97 Å². The highest BCUT2D eigenvalue weighted by Crippen LogP contribution is 2.21. The molecule has 6 N–H and O–H groups in total. The minimum absolute atomic E-state index is 0.184. The molecule has 122 valence electrons. The average molecular weight is 332 g/mol. The number of aromatic nitrogens is 3. The number of amides is 1. The first kappa shape index (κ1) is 17.7. The van der Waals surface area contributed by atoms with Crippen LogP contribution in [0.4, 0.5) is 0 Å². The van der Waals surface area contributed by atoms with Crippen LogP contribution in [0, 0.1) is 0 Å².